The van der Waals surface area contributed by atoms with Crippen LogP contribution in [-0.2, 0) is 6.42 Å². The van der Waals surface area contributed by atoms with Gasteiger partial charge in [-0.15, -0.1) is 0 Å². The van der Waals surface area contributed by atoms with E-state index < -0.39 is 0 Å². The molecule has 0 aliphatic carbocycles. The Labute approximate surface area is 123 Å². The van der Waals surface area contributed by atoms with Crippen LogP contribution in [0.15, 0.2) is 41.1 Å². The molecular weight excluding hydrogens is 270 g/mol. The molecule has 0 radical (unpaired) electrons. The lowest BCUT2D eigenvalue weighted by atomic mass is 10.0. The summed E-state index contributed by atoms with van der Waals surface area (Å²) in [6.45, 7) is 3.65. The van der Waals surface area contributed by atoms with Crippen LogP contribution in [0.5, 0.6) is 11.5 Å². The zero-order chi connectivity index (χ0) is 13.8. The van der Waals surface area contributed by atoms with Gasteiger partial charge in [0, 0.05) is 0 Å². The normalized spacial score (nSPS) is 18.8. The van der Waals surface area contributed by atoms with E-state index in [1.54, 1.807) is 11.3 Å². The molecule has 0 saturated heterocycles. The lowest BCUT2D eigenvalue weighted by Gasteiger charge is -2.32. The fraction of sp³-hybridized carbons (Fsp3) is 0.375. The summed E-state index contributed by atoms with van der Waals surface area (Å²) < 4.78 is 11.9. The quantitative estimate of drug-likeness (QED) is 0.917. The Bertz CT molecular complexity index is 541. The molecule has 2 atom stereocenters. The van der Waals surface area contributed by atoms with E-state index >= 15 is 0 Å². The minimum absolute atomic E-state index is 0.0461. The summed E-state index contributed by atoms with van der Waals surface area (Å²) in [5.41, 5.74) is 1.35. The van der Waals surface area contributed by atoms with Gasteiger partial charge in [0.1, 0.15) is 12.7 Å². The molecule has 1 aliphatic heterocycles. The minimum Gasteiger partial charge on any atom is -0.486 e. The maximum absolute atomic E-state index is 6.11. The van der Waals surface area contributed by atoms with Crippen molar-refractivity contribution in [2.75, 3.05) is 13.2 Å². The number of thiophene rings is 1. The molecule has 0 amide bonds. The first-order chi connectivity index (χ1) is 9.86. The van der Waals surface area contributed by atoms with Crippen molar-refractivity contribution in [2.45, 2.75) is 25.5 Å². The Balaban J connectivity index is 1.72. The summed E-state index contributed by atoms with van der Waals surface area (Å²) in [6, 6.07) is 10.3. The van der Waals surface area contributed by atoms with Gasteiger partial charge in [-0.25, -0.2) is 0 Å². The monoisotopic (exact) mass is 289 g/mol. The van der Waals surface area contributed by atoms with Gasteiger partial charge in [0.05, 0.1) is 6.04 Å². The largest absolute Gasteiger partial charge is 0.486 e. The molecule has 0 fully saturated rings. The molecule has 1 aromatic carbocycles. The van der Waals surface area contributed by atoms with Crippen LogP contribution < -0.4 is 14.8 Å². The third kappa shape index (κ3) is 2.97. The number of benzene rings is 1. The van der Waals surface area contributed by atoms with Crippen molar-refractivity contribution in [3.05, 3.63) is 46.7 Å². The number of para-hydroxylation sites is 2. The van der Waals surface area contributed by atoms with E-state index in [9.17, 15) is 0 Å². The molecule has 1 aromatic heterocycles. The van der Waals surface area contributed by atoms with E-state index in [-0.39, 0.29) is 12.1 Å². The van der Waals surface area contributed by atoms with E-state index in [1.165, 1.54) is 5.56 Å². The highest BCUT2D eigenvalue weighted by Crippen LogP contribution is 2.32. The second-order valence-corrected chi connectivity index (χ2v) is 5.69. The van der Waals surface area contributed by atoms with Gasteiger partial charge in [0.25, 0.3) is 0 Å². The number of likely N-dealkylation sites (N-methyl/N-ethyl adjacent to an activating group) is 1. The van der Waals surface area contributed by atoms with Gasteiger partial charge in [0.15, 0.2) is 11.5 Å². The summed E-state index contributed by atoms with van der Waals surface area (Å²) >= 11 is 1.74. The Kier molecular flexibility index (Phi) is 4.23. The third-order valence-corrected chi connectivity index (χ3v) is 4.21. The van der Waals surface area contributed by atoms with Crippen LogP contribution in [0.3, 0.4) is 0 Å². The maximum atomic E-state index is 6.11. The van der Waals surface area contributed by atoms with Crippen molar-refractivity contribution in [1.29, 1.82) is 0 Å². The SMILES string of the molecule is CCNC(Cc1ccsc1)C1COc2ccccc2O1. The first-order valence-electron chi connectivity index (χ1n) is 6.99. The Hall–Kier alpha value is -1.52. The first-order valence-corrected chi connectivity index (χ1v) is 7.94. The number of nitrogens with one attached hydrogen (secondary N) is 1. The summed E-state index contributed by atoms with van der Waals surface area (Å²) in [7, 11) is 0. The van der Waals surface area contributed by atoms with E-state index in [1.807, 2.05) is 24.3 Å². The molecule has 1 N–H and O–H groups in total. The number of ether oxygens (including phenoxy) is 2. The third-order valence-electron chi connectivity index (χ3n) is 3.48. The van der Waals surface area contributed by atoms with Gasteiger partial charge in [-0.05, 0) is 47.5 Å². The van der Waals surface area contributed by atoms with Crippen molar-refractivity contribution >= 4 is 11.3 Å². The molecule has 0 spiro atoms. The molecule has 106 valence electrons. The number of hydrogen-bond acceptors (Lipinski definition) is 4. The van der Waals surface area contributed by atoms with Crippen LogP contribution >= 0.6 is 11.3 Å². The molecule has 3 nitrogen and oxygen atoms in total. The van der Waals surface area contributed by atoms with E-state index in [0.29, 0.717) is 6.61 Å². The fourth-order valence-electron chi connectivity index (χ4n) is 2.49. The average Bonchev–Trinajstić information content (AvgIpc) is 2.99. The van der Waals surface area contributed by atoms with Gasteiger partial charge < -0.3 is 14.8 Å². The summed E-state index contributed by atoms with van der Waals surface area (Å²) in [5.74, 6) is 1.69. The smallest absolute Gasteiger partial charge is 0.161 e. The topological polar surface area (TPSA) is 30.5 Å². The lowest BCUT2D eigenvalue weighted by molar-refractivity contribution is 0.0624. The highest BCUT2D eigenvalue weighted by molar-refractivity contribution is 7.07. The van der Waals surface area contributed by atoms with E-state index in [4.69, 9.17) is 9.47 Å². The molecule has 2 unspecified atom stereocenters. The van der Waals surface area contributed by atoms with Crippen LogP contribution in [0.4, 0.5) is 0 Å². The predicted molar refractivity (Wildman–Crippen MR) is 81.8 cm³/mol. The highest BCUT2D eigenvalue weighted by Gasteiger charge is 2.28. The van der Waals surface area contributed by atoms with Crippen molar-refractivity contribution in [1.82, 2.24) is 5.32 Å². The maximum Gasteiger partial charge on any atom is 0.161 e. The molecular formula is C16H19NO2S. The highest BCUT2D eigenvalue weighted by atomic mass is 32.1. The van der Waals surface area contributed by atoms with Crippen LogP contribution in [0.25, 0.3) is 0 Å². The Morgan fingerprint density at radius 1 is 1.30 bits per heavy atom. The summed E-state index contributed by atoms with van der Waals surface area (Å²) in [6.07, 6.45) is 1.01. The molecule has 3 rings (SSSR count). The standard InChI is InChI=1S/C16H19NO2S/c1-2-17-13(9-12-7-8-20-11-12)16-10-18-14-5-3-4-6-15(14)19-16/h3-8,11,13,16-17H,2,9-10H2,1H3. The summed E-state index contributed by atoms with van der Waals surface area (Å²) in [4.78, 5) is 0. The Morgan fingerprint density at radius 3 is 2.90 bits per heavy atom. The van der Waals surface area contributed by atoms with Crippen LogP contribution in [0.2, 0.25) is 0 Å². The van der Waals surface area contributed by atoms with Crippen LogP contribution in [-0.4, -0.2) is 25.3 Å². The van der Waals surface area contributed by atoms with Crippen LogP contribution in [0, 0.1) is 0 Å². The molecule has 1 aliphatic rings. The minimum atomic E-state index is 0.0461. The Morgan fingerprint density at radius 2 is 2.15 bits per heavy atom. The molecule has 0 bridgehead atoms. The number of hydrogen-bond donors (Lipinski definition) is 1. The van der Waals surface area contributed by atoms with Gasteiger partial charge >= 0.3 is 0 Å². The van der Waals surface area contributed by atoms with Crippen molar-refractivity contribution in [3.8, 4) is 11.5 Å². The van der Waals surface area contributed by atoms with E-state index in [2.05, 4.69) is 29.1 Å². The van der Waals surface area contributed by atoms with Crippen molar-refractivity contribution < 1.29 is 9.47 Å². The molecule has 4 heteroatoms. The van der Waals surface area contributed by atoms with Gasteiger partial charge in [-0.2, -0.15) is 11.3 Å². The van der Waals surface area contributed by atoms with Crippen LogP contribution in [0.1, 0.15) is 12.5 Å². The summed E-state index contributed by atoms with van der Waals surface area (Å²) in [5, 5.41) is 7.83. The van der Waals surface area contributed by atoms with Gasteiger partial charge in [0.2, 0.25) is 0 Å². The fourth-order valence-corrected chi connectivity index (χ4v) is 3.18. The molecule has 2 heterocycles. The average molecular weight is 289 g/mol. The zero-order valence-corrected chi connectivity index (χ0v) is 12.4. The number of fused-ring (bicyclic) bond motifs is 1. The number of rotatable bonds is 5. The predicted octanol–water partition coefficient (Wildman–Crippen LogP) is 3.11. The second kappa shape index (κ2) is 6.29. The molecule has 2 aromatic rings. The zero-order valence-electron chi connectivity index (χ0n) is 11.5. The van der Waals surface area contributed by atoms with Crippen molar-refractivity contribution in [3.63, 3.8) is 0 Å². The first kappa shape index (κ1) is 13.5. The van der Waals surface area contributed by atoms with Gasteiger partial charge in [-0.1, -0.05) is 19.1 Å². The van der Waals surface area contributed by atoms with E-state index in [0.717, 1.165) is 24.5 Å². The second-order valence-electron chi connectivity index (χ2n) is 4.91. The molecule has 0 saturated carbocycles. The lowest BCUT2D eigenvalue weighted by Crippen LogP contribution is -2.49. The van der Waals surface area contributed by atoms with Crippen molar-refractivity contribution in [2.24, 2.45) is 0 Å². The molecule has 20 heavy (non-hydrogen) atoms. The van der Waals surface area contributed by atoms with Gasteiger partial charge in [-0.3, -0.25) is 0 Å².